The zero-order chi connectivity index (χ0) is 15.5. The number of rotatable bonds is 4. The molecule has 0 bridgehead atoms. The Hall–Kier alpha value is -2.33. The molecule has 114 valence electrons. The van der Waals surface area contributed by atoms with Crippen LogP contribution in [-0.2, 0) is 6.42 Å². The van der Waals surface area contributed by atoms with Crippen molar-refractivity contribution in [2.75, 3.05) is 13.2 Å². The Kier molecular flexibility index (Phi) is 4.11. The first-order chi connectivity index (χ1) is 10.6. The Morgan fingerprint density at radius 3 is 2.95 bits per heavy atom. The van der Waals surface area contributed by atoms with Crippen LogP contribution in [0.25, 0.3) is 0 Å². The molecule has 22 heavy (non-hydrogen) atoms. The van der Waals surface area contributed by atoms with Crippen LogP contribution in [0.15, 0.2) is 42.5 Å². The van der Waals surface area contributed by atoms with Crippen LogP contribution in [0.4, 0.5) is 0 Å². The number of fused-ring (bicyclic) bond motifs is 1. The minimum absolute atomic E-state index is 0.165. The molecule has 1 amide bonds. The van der Waals surface area contributed by atoms with Crippen molar-refractivity contribution >= 4 is 5.91 Å². The molecule has 2 aromatic rings. The van der Waals surface area contributed by atoms with E-state index in [-0.39, 0.29) is 12.5 Å². The molecule has 3 rings (SSSR count). The summed E-state index contributed by atoms with van der Waals surface area (Å²) in [6.45, 7) is 2.78. The van der Waals surface area contributed by atoms with Crippen LogP contribution in [0, 0.1) is 6.92 Å². The fraction of sp³-hybridized carbons (Fsp3) is 0.278. The molecule has 0 saturated carbocycles. The molecular formula is C18H19NO3. The Morgan fingerprint density at radius 1 is 1.32 bits per heavy atom. The number of hydrogen-bond donors (Lipinski definition) is 2. The summed E-state index contributed by atoms with van der Waals surface area (Å²) in [7, 11) is 0. The highest BCUT2D eigenvalue weighted by Gasteiger charge is 2.16. The third kappa shape index (κ3) is 2.97. The smallest absolute Gasteiger partial charge is 0.251 e. The molecule has 4 nitrogen and oxygen atoms in total. The van der Waals surface area contributed by atoms with E-state index < -0.39 is 6.10 Å². The van der Waals surface area contributed by atoms with E-state index in [0.29, 0.717) is 12.2 Å². The van der Waals surface area contributed by atoms with E-state index in [9.17, 15) is 9.90 Å². The number of aliphatic hydroxyl groups is 1. The van der Waals surface area contributed by atoms with Gasteiger partial charge in [-0.15, -0.1) is 0 Å². The van der Waals surface area contributed by atoms with Crippen molar-refractivity contribution in [3.8, 4) is 5.75 Å². The van der Waals surface area contributed by atoms with Gasteiger partial charge < -0.3 is 15.2 Å². The summed E-state index contributed by atoms with van der Waals surface area (Å²) < 4.78 is 5.45. The molecule has 2 aromatic carbocycles. The van der Waals surface area contributed by atoms with Gasteiger partial charge in [-0.2, -0.15) is 0 Å². The van der Waals surface area contributed by atoms with Gasteiger partial charge in [0.15, 0.2) is 0 Å². The minimum Gasteiger partial charge on any atom is -0.493 e. The van der Waals surface area contributed by atoms with Gasteiger partial charge in [-0.1, -0.05) is 24.3 Å². The zero-order valence-corrected chi connectivity index (χ0v) is 12.5. The van der Waals surface area contributed by atoms with Crippen LogP contribution in [0.2, 0.25) is 0 Å². The number of carbonyl (C=O) groups excluding carboxylic acids is 1. The van der Waals surface area contributed by atoms with Gasteiger partial charge in [0, 0.05) is 18.5 Å². The number of nitrogens with one attached hydrogen (secondary N) is 1. The normalized spacial score (nSPS) is 14.1. The maximum absolute atomic E-state index is 12.1. The number of hydrogen-bond acceptors (Lipinski definition) is 3. The molecule has 0 unspecified atom stereocenters. The highest BCUT2D eigenvalue weighted by atomic mass is 16.5. The molecule has 0 aliphatic carbocycles. The van der Waals surface area contributed by atoms with Crippen molar-refractivity contribution in [1.29, 1.82) is 0 Å². The SMILES string of the molecule is Cc1ccccc1C(=O)NC[C@@H](O)c1ccc2c(c1)CCO2. The number of ether oxygens (including phenoxy) is 1. The molecule has 1 aliphatic rings. The summed E-state index contributed by atoms with van der Waals surface area (Å²) in [5, 5.41) is 13.0. The first-order valence-corrected chi connectivity index (χ1v) is 7.42. The summed E-state index contributed by atoms with van der Waals surface area (Å²) in [5.41, 5.74) is 3.47. The second-order valence-corrected chi connectivity index (χ2v) is 5.51. The lowest BCUT2D eigenvalue weighted by atomic mass is 10.0. The van der Waals surface area contributed by atoms with Gasteiger partial charge in [-0.25, -0.2) is 0 Å². The number of benzene rings is 2. The predicted octanol–water partition coefficient (Wildman–Crippen LogP) is 2.39. The summed E-state index contributed by atoms with van der Waals surface area (Å²) in [4.78, 5) is 12.1. The highest BCUT2D eigenvalue weighted by Crippen LogP contribution is 2.28. The fourth-order valence-corrected chi connectivity index (χ4v) is 2.64. The van der Waals surface area contributed by atoms with E-state index in [1.807, 2.05) is 43.3 Å². The van der Waals surface area contributed by atoms with Crippen LogP contribution >= 0.6 is 0 Å². The summed E-state index contributed by atoms with van der Waals surface area (Å²) in [6.07, 6.45) is 0.143. The standard InChI is InChI=1S/C18H19NO3/c1-12-4-2-3-5-15(12)18(21)19-11-16(20)13-6-7-17-14(10-13)8-9-22-17/h2-7,10,16,20H,8-9,11H2,1H3,(H,19,21)/t16-/m1/s1. The third-order valence-corrected chi connectivity index (χ3v) is 3.94. The fourth-order valence-electron chi connectivity index (χ4n) is 2.64. The lowest BCUT2D eigenvalue weighted by Crippen LogP contribution is -2.28. The van der Waals surface area contributed by atoms with Crippen molar-refractivity contribution < 1.29 is 14.6 Å². The number of carbonyl (C=O) groups is 1. The number of aryl methyl sites for hydroxylation is 1. The molecule has 0 aromatic heterocycles. The van der Waals surface area contributed by atoms with Crippen LogP contribution in [0.1, 0.15) is 33.2 Å². The van der Waals surface area contributed by atoms with Crippen molar-refractivity contribution in [2.24, 2.45) is 0 Å². The molecule has 1 atom stereocenters. The minimum atomic E-state index is -0.723. The molecule has 1 aliphatic heterocycles. The maximum Gasteiger partial charge on any atom is 0.251 e. The zero-order valence-electron chi connectivity index (χ0n) is 12.5. The van der Waals surface area contributed by atoms with E-state index >= 15 is 0 Å². The molecule has 2 N–H and O–H groups in total. The van der Waals surface area contributed by atoms with Crippen molar-refractivity contribution in [1.82, 2.24) is 5.32 Å². The Bertz CT molecular complexity index is 696. The van der Waals surface area contributed by atoms with Crippen LogP contribution < -0.4 is 10.1 Å². The van der Waals surface area contributed by atoms with Crippen molar-refractivity contribution in [3.05, 3.63) is 64.7 Å². The van der Waals surface area contributed by atoms with Crippen LogP contribution in [-0.4, -0.2) is 24.2 Å². The van der Waals surface area contributed by atoms with Gasteiger partial charge in [0.1, 0.15) is 5.75 Å². The third-order valence-electron chi connectivity index (χ3n) is 3.94. The second kappa shape index (κ2) is 6.20. The van der Waals surface area contributed by atoms with Gasteiger partial charge in [0.25, 0.3) is 5.91 Å². The van der Waals surface area contributed by atoms with Gasteiger partial charge in [0.2, 0.25) is 0 Å². The summed E-state index contributed by atoms with van der Waals surface area (Å²) >= 11 is 0. The van der Waals surface area contributed by atoms with Crippen LogP contribution in [0.5, 0.6) is 5.75 Å². The summed E-state index contributed by atoms with van der Waals surface area (Å²) in [5.74, 6) is 0.724. The van der Waals surface area contributed by atoms with E-state index in [4.69, 9.17) is 4.74 Å². The van der Waals surface area contributed by atoms with Crippen molar-refractivity contribution in [2.45, 2.75) is 19.4 Å². The number of aliphatic hydroxyl groups excluding tert-OH is 1. The Balaban J connectivity index is 1.64. The molecule has 1 heterocycles. The van der Waals surface area contributed by atoms with Gasteiger partial charge in [-0.05, 0) is 41.8 Å². The quantitative estimate of drug-likeness (QED) is 0.911. The largest absolute Gasteiger partial charge is 0.493 e. The monoisotopic (exact) mass is 297 g/mol. The Morgan fingerprint density at radius 2 is 2.14 bits per heavy atom. The molecule has 0 fully saturated rings. The van der Waals surface area contributed by atoms with E-state index in [2.05, 4.69) is 5.32 Å². The van der Waals surface area contributed by atoms with E-state index in [0.717, 1.165) is 28.9 Å². The predicted molar refractivity (Wildman–Crippen MR) is 84.1 cm³/mol. The lowest BCUT2D eigenvalue weighted by molar-refractivity contribution is 0.0915. The average molecular weight is 297 g/mol. The Labute approximate surface area is 129 Å². The first kappa shape index (κ1) is 14.6. The molecular weight excluding hydrogens is 278 g/mol. The molecule has 4 heteroatoms. The van der Waals surface area contributed by atoms with Crippen LogP contribution in [0.3, 0.4) is 0 Å². The molecule has 0 spiro atoms. The topological polar surface area (TPSA) is 58.6 Å². The van der Waals surface area contributed by atoms with Gasteiger partial charge in [0.05, 0.1) is 12.7 Å². The highest BCUT2D eigenvalue weighted by molar-refractivity contribution is 5.95. The molecule has 0 saturated heterocycles. The average Bonchev–Trinajstić information content (AvgIpc) is 3.00. The van der Waals surface area contributed by atoms with Crippen molar-refractivity contribution in [3.63, 3.8) is 0 Å². The van der Waals surface area contributed by atoms with Gasteiger partial charge in [-0.3, -0.25) is 4.79 Å². The summed E-state index contributed by atoms with van der Waals surface area (Å²) in [6, 6.07) is 13.1. The number of amides is 1. The van der Waals surface area contributed by atoms with Gasteiger partial charge >= 0.3 is 0 Å². The molecule has 0 radical (unpaired) electrons. The van der Waals surface area contributed by atoms with E-state index in [1.165, 1.54) is 0 Å². The maximum atomic E-state index is 12.1. The lowest BCUT2D eigenvalue weighted by Gasteiger charge is -2.14. The second-order valence-electron chi connectivity index (χ2n) is 5.51. The first-order valence-electron chi connectivity index (χ1n) is 7.42. The van der Waals surface area contributed by atoms with E-state index in [1.54, 1.807) is 6.07 Å².